The second-order valence-corrected chi connectivity index (χ2v) is 4.68. The molecule has 0 saturated heterocycles. The van der Waals surface area contributed by atoms with Crippen LogP contribution in [0.1, 0.15) is 5.56 Å². The molecule has 6 heteroatoms. The van der Waals surface area contributed by atoms with Crippen molar-refractivity contribution in [1.29, 1.82) is 0 Å². The van der Waals surface area contributed by atoms with Gasteiger partial charge >= 0.3 is 5.69 Å². The SMILES string of the molecule is O=[N+]([O-])c1ccc(NCc2ccc3[nH]ccc3c2)cc1F. The molecule has 0 aliphatic carbocycles. The summed E-state index contributed by atoms with van der Waals surface area (Å²) in [6.07, 6.45) is 1.87. The zero-order valence-electron chi connectivity index (χ0n) is 11.0. The van der Waals surface area contributed by atoms with E-state index in [0.717, 1.165) is 28.6 Å². The molecule has 0 aliphatic heterocycles. The maximum atomic E-state index is 13.5. The summed E-state index contributed by atoms with van der Waals surface area (Å²) in [4.78, 5) is 12.9. The number of anilines is 1. The van der Waals surface area contributed by atoms with E-state index in [1.54, 1.807) is 0 Å². The summed E-state index contributed by atoms with van der Waals surface area (Å²) in [5.41, 5.74) is 2.09. The lowest BCUT2D eigenvalue weighted by molar-refractivity contribution is -0.387. The molecule has 0 unspecified atom stereocenters. The minimum Gasteiger partial charge on any atom is -0.381 e. The summed E-state index contributed by atoms with van der Waals surface area (Å²) < 4.78 is 13.5. The first-order valence-corrected chi connectivity index (χ1v) is 6.37. The fourth-order valence-electron chi connectivity index (χ4n) is 2.18. The minimum absolute atomic E-state index is 0.507. The lowest BCUT2D eigenvalue weighted by atomic mass is 10.1. The third kappa shape index (κ3) is 2.69. The number of fused-ring (bicyclic) bond motifs is 1. The Morgan fingerprint density at radius 1 is 1.19 bits per heavy atom. The first-order valence-electron chi connectivity index (χ1n) is 6.37. The van der Waals surface area contributed by atoms with Crippen molar-refractivity contribution >= 4 is 22.3 Å². The molecule has 1 heterocycles. The van der Waals surface area contributed by atoms with Crippen LogP contribution in [-0.2, 0) is 6.54 Å². The zero-order valence-corrected chi connectivity index (χ0v) is 11.0. The number of nitrogens with zero attached hydrogens (tertiary/aromatic N) is 1. The van der Waals surface area contributed by atoms with Gasteiger partial charge in [0, 0.05) is 36.1 Å². The summed E-state index contributed by atoms with van der Waals surface area (Å²) in [5, 5.41) is 14.7. The van der Waals surface area contributed by atoms with Crippen LogP contribution in [0.5, 0.6) is 0 Å². The van der Waals surface area contributed by atoms with Crippen molar-refractivity contribution in [2.45, 2.75) is 6.54 Å². The lowest BCUT2D eigenvalue weighted by Crippen LogP contribution is -2.00. The summed E-state index contributed by atoms with van der Waals surface area (Å²) in [7, 11) is 0. The van der Waals surface area contributed by atoms with Gasteiger partial charge in [-0.25, -0.2) is 0 Å². The first-order chi connectivity index (χ1) is 10.1. The van der Waals surface area contributed by atoms with Gasteiger partial charge in [-0.2, -0.15) is 4.39 Å². The number of aromatic nitrogens is 1. The number of halogens is 1. The Morgan fingerprint density at radius 2 is 2.05 bits per heavy atom. The predicted octanol–water partition coefficient (Wildman–Crippen LogP) is 3.83. The maximum Gasteiger partial charge on any atom is 0.304 e. The van der Waals surface area contributed by atoms with E-state index in [-0.39, 0.29) is 0 Å². The number of hydrogen-bond acceptors (Lipinski definition) is 3. The van der Waals surface area contributed by atoms with E-state index in [4.69, 9.17) is 0 Å². The van der Waals surface area contributed by atoms with Crippen LogP contribution in [0.15, 0.2) is 48.7 Å². The largest absolute Gasteiger partial charge is 0.381 e. The van der Waals surface area contributed by atoms with E-state index in [9.17, 15) is 14.5 Å². The molecule has 0 radical (unpaired) electrons. The van der Waals surface area contributed by atoms with Crippen molar-refractivity contribution in [1.82, 2.24) is 4.98 Å². The zero-order chi connectivity index (χ0) is 14.8. The van der Waals surface area contributed by atoms with E-state index in [0.29, 0.717) is 12.2 Å². The second-order valence-electron chi connectivity index (χ2n) is 4.68. The van der Waals surface area contributed by atoms with Crippen LogP contribution in [0.25, 0.3) is 10.9 Å². The van der Waals surface area contributed by atoms with Gasteiger partial charge in [0.1, 0.15) is 0 Å². The van der Waals surface area contributed by atoms with Crippen LogP contribution >= 0.6 is 0 Å². The molecule has 0 amide bonds. The highest BCUT2D eigenvalue weighted by Gasteiger charge is 2.13. The van der Waals surface area contributed by atoms with Gasteiger partial charge < -0.3 is 10.3 Å². The van der Waals surface area contributed by atoms with Gasteiger partial charge in [-0.3, -0.25) is 10.1 Å². The number of hydrogen-bond donors (Lipinski definition) is 2. The first kappa shape index (κ1) is 13.1. The number of rotatable bonds is 4. The van der Waals surface area contributed by atoms with Crippen LogP contribution < -0.4 is 5.32 Å². The summed E-state index contributed by atoms with van der Waals surface area (Å²) in [5.74, 6) is -0.842. The number of nitrogens with one attached hydrogen (secondary N) is 2. The third-order valence-electron chi connectivity index (χ3n) is 3.26. The van der Waals surface area contributed by atoms with E-state index >= 15 is 0 Å². The molecule has 3 rings (SSSR count). The van der Waals surface area contributed by atoms with Gasteiger partial charge in [0.2, 0.25) is 5.82 Å². The van der Waals surface area contributed by atoms with Crippen molar-refractivity contribution in [3.8, 4) is 0 Å². The minimum atomic E-state index is -0.842. The molecule has 0 atom stereocenters. The molecular weight excluding hydrogens is 273 g/mol. The third-order valence-corrected chi connectivity index (χ3v) is 3.26. The Hall–Kier alpha value is -2.89. The molecule has 106 valence electrons. The molecule has 0 saturated carbocycles. The number of benzene rings is 2. The molecule has 3 aromatic rings. The molecular formula is C15H12FN3O2. The number of nitro groups is 1. The average Bonchev–Trinajstić information content (AvgIpc) is 2.92. The quantitative estimate of drug-likeness (QED) is 0.565. The van der Waals surface area contributed by atoms with E-state index in [1.807, 2.05) is 30.5 Å². The number of nitro benzene ring substituents is 1. The molecule has 1 aromatic heterocycles. The highest BCUT2D eigenvalue weighted by atomic mass is 19.1. The normalized spacial score (nSPS) is 10.7. The topological polar surface area (TPSA) is 71.0 Å². The predicted molar refractivity (Wildman–Crippen MR) is 78.7 cm³/mol. The molecule has 0 bridgehead atoms. The van der Waals surface area contributed by atoms with E-state index in [2.05, 4.69) is 10.3 Å². The van der Waals surface area contributed by atoms with Crippen molar-refractivity contribution in [3.63, 3.8) is 0 Å². The van der Waals surface area contributed by atoms with Crippen molar-refractivity contribution in [2.75, 3.05) is 5.32 Å². The van der Waals surface area contributed by atoms with Crippen LogP contribution in [0.4, 0.5) is 15.8 Å². The Balaban J connectivity index is 1.75. The van der Waals surface area contributed by atoms with Crippen LogP contribution in [0.3, 0.4) is 0 Å². The lowest BCUT2D eigenvalue weighted by Gasteiger charge is -2.07. The average molecular weight is 285 g/mol. The smallest absolute Gasteiger partial charge is 0.304 e. The molecule has 0 aliphatic rings. The second kappa shape index (κ2) is 5.24. The van der Waals surface area contributed by atoms with Gasteiger partial charge in [0.25, 0.3) is 0 Å². The number of aromatic amines is 1. The molecule has 5 nitrogen and oxygen atoms in total. The summed E-state index contributed by atoms with van der Waals surface area (Å²) in [6.45, 7) is 0.512. The highest BCUT2D eigenvalue weighted by molar-refractivity contribution is 5.79. The van der Waals surface area contributed by atoms with Crippen molar-refractivity contribution in [3.05, 3.63) is 70.2 Å². The van der Waals surface area contributed by atoms with Gasteiger partial charge in [0.05, 0.1) is 4.92 Å². The summed E-state index contributed by atoms with van der Waals surface area (Å²) >= 11 is 0. The fraction of sp³-hybridized carbons (Fsp3) is 0.0667. The van der Waals surface area contributed by atoms with Crippen LogP contribution in [-0.4, -0.2) is 9.91 Å². The van der Waals surface area contributed by atoms with Crippen LogP contribution in [0.2, 0.25) is 0 Å². The molecule has 2 aromatic carbocycles. The van der Waals surface area contributed by atoms with Gasteiger partial charge in [-0.15, -0.1) is 0 Å². The molecule has 2 N–H and O–H groups in total. The fourth-order valence-corrected chi connectivity index (χ4v) is 2.18. The maximum absolute atomic E-state index is 13.5. The Labute approximate surface area is 119 Å². The van der Waals surface area contributed by atoms with E-state index in [1.165, 1.54) is 6.07 Å². The standard InChI is InChI=1S/C15H12FN3O2/c16-13-8-12(2-4-15(13)19(20)21)18-9-10-1-3-14-11(7-10)5-6-17-14/h1-8,17-18H,9H2. The Morgan fingerprint density at radius 3 is 2.81 bits per heavy atom. The van der Waals surface area contributed by atoms with Crippen LogP contribution in [0, 0.1) is 15.9 Å². The number of H-pyrrole nitrogens is 1. The van der Waals surface area contributed by atoms with Crippen molar-refractivity contribution < 1.29 is 9.31 Å². The Bertz CT molecular complexity index is 814. The van der Waals surface area contributed by atoms with Gasteiger partial charge in [0.15, 0.2) is 0 Å². The van der Waals surface area contributed by atoms with Gasteiger partial charge in [-0.1, -0.05) is 6.07 Å². The molecule has 0 fully saturated rings. The monoisotopic (exact) mass is 285 g/mol. The Kier molecular flexibility index (Phi) is 3.27. The summed E-state index contributed by atoms with van der Waals surface area (Å²) in [6, 6.07) is 11.7. The van der Waals surface area contributed by atoms with Crippen molar-refractivity contribution in [2.24, 2.45) is 0 Å². The van der Waals surface area contributed by atoms with E-state index < -0.39 is 16.4 Å². The molecule has 0 spiro atoms. The molecule has 21 heavy (non-hydrogen) atoms. The van der Waals surface area contributed by atoms with Gasteiger partial charge in [-0.05, 0) is 35.2 Å². The highest BCUT2D eigenvalue weighted by Crippen LogP contribution is 2.21.